The SMILES string of the molecule is COc1cc(OCc2ccccc2)ccc1CNC1CCC(Nc2nc(N(C)C)c3ccccc3n2)CC1. The van der Waals surface area contributed by atoms with Crippen LogP contribution in [0.15, 0.2) is 72.8 Å². The van der Waals surface area contributed by atoms with Gasteiger partial charge in [0.05, 0.1) is 12.6 Å². The lowest BCUT2D eigenvalue weighted by Gasteiger charge is -2.30. The van der Waals surface area contributed by atoms with Crippen molar-refractivity contribution in [3.05, 3.63) is 83.9 Å². The summed E-state index contributed by atoms with van der Waals surface area (Å²) >= 11 is 0. The van der Waals surface area contributed by atoms with E-state index < -0.39 is 0 Å². The smallest absolute Gasteiger partial charge is 0.225 e. The van der Waals surface area contributed by atoms with E-state index in [-0.39, 0.29) is 0 Å². The van der Waals surface area contributed by atoms with Crippen LogP contribution in [-0.4, -0.2) is 43.3 Å². The molecule has 0 radical (unpaired) electrons. The molecule has 3 aromatic carbocycles. The number of nitrogens with zero attached hydrogens (tertiary/aromatic N) is 3. The van der Waals surface area contributed by atoms with Crippen LogP contribution in [0.2, 0.25) is 0 Å². The first-order chi connectivity index (χ1) is 18.6. The Balaban J connectivity index is 1.13. The Labute approximate surface area is 225 Å². The molecular formula is C31H37N5O2. The minimum Gasteiger partial charge on any atom is -0.496 e. The summed E-state index contributed by atoms with van der Waals surface area (Å²) in [5.74, 6) is 3.32. The van der Waals surface area contributed by atoms with Crippen LogP contribution in [0.3, 0.4) is 0 Å². The summed E-state index contributed by atoms with van der Waals surface area (Å²) in [6, 6.07) is 25.3. The molecule has 0 atom stereocenters. The van der Waals surface area contributed by atoms with Crippen molar-refractivity contribution in [3.63, 3.8) is 0 Å². The van der Waals surface area contributed by atoms with Gasteiger partial charge in [-0.25, -0.2) is 4.98 Å². The van der Waals surface area contributed by atoms with Gasteiger partial charge in [-0.3, -0.25) is 0 Å². The fourth-order valence-corrected chi connectivity index (χ4v) is 5.05. The fourth-order valence-electron chi connectivity index (χ4n) is 5.05. The van der Waals surface area contributed by atoms with Crippen molar-refractivity contribution in [1.82, 2.24) is 15.3 Å². The molecule has 1 saturated carbocycles. The number of nitrogens with one attached hydrogen (secondary N) is 2. The van der Waals surface area contributed by atoms with Crippen LogP contribution >= 0.6 is 0 Å². The van der Waals surface area contributed by atoms with E-state index in [2.05, 4.69) is 34.9 Å². The number of hydrogen-bond acceptors (Lipinski definition) is 7. The van der Waals surface area contributed by atoms with Crippen LogP contribution in [0.25, 0.3) is 10.9 Å². The lowest BCUT2D eigenvalue weighted by molar-refractivity contribution is 0.303. The van der Waals surface area contributed by atoms with Crippen LogP contribution in [0, 0.1) is 0 Å². The summed E-state index contributed by atoms with van der Waals surface area (Å²) in [7, 11) is 5.76. The second-order valence-corrected chi connectivity index (χ2v) is 10.1. The molecule has 0 amide bonds. The van der Waals surface area contributed by atoms with Gasteiger partial charge < -0.3 is 25.0 Å². The third kappa shape index (κ3) is 6.34. The Kier molecular flexibility index (Phi) is 8.24. The largest absolute Gasteiger partial charge is 0.496 e. The van der Waals surface area contributed by atoms with E-state index in [0.29, 0.717) is 24.6 Å². The zero-order valence-corrected chi connectivity index (χ0v) is 22.5. The Hall–Kier alpha value is -3.84. The maximum atomic E-state index is 5.97. The first kappa shape index (κ1) is 25.8. The number of anilines is 2. The zero-order valence-electron chi connectivity index (χ0n) is 22.5. The van der Waals surface area contributed by atoms with Gasteiger partial charge in [-0.2, -0.15) is 4.98 Å². The molecule has 7 heteroatoms. The van der Waals surface area contributed by atoms with Crippen molar-refractivity contribution in [2.24, 2.45) is 0 Å². The molecule has 0 bridgehead atoms. The molecule has 1 fully saturated rings. The van der Waals surface area contributed by atoms with E-state index in [1.165, 1.54) is 0 Å². The maximum Gasteiger partial charge on any atom is 0.225 e. The molecule has 7 nitrogen and oxygen atoms in total. The average molecular weight is 512 g/mol. The number of para-hydroxylation sites is 1. The highest BCUT2D eigenvalue weighted by atomic mass is 16.5. The van der Waals surface area contributed by atoms with Crippen LogP contribution < -0.4 is 25.0 Å². The normalized spacial score (nSPS) is 17.2. The van der Waals surface area contributed by atoms with Crippen molar-refractivity contribution in [2.45, 2.75) is 50.9 Å². The number of ether oxygens (including phenoxy) is 2. The van der Waals surface area contributed by atoms with Crippen molar-refractivity contribution in [2.75, 3.05) is 31.4 Å². The summed E-state index contributed by atoms with van der Waals surface area (Å²) in [4.78, 5) is 11.6. The van der Waals surface area contributed by atoms with Crippen molar-refractivity contribution < 1.29 is 9.47 Å². The topological polar surface area (TPSA) is 71.5 Å². The molecule has 0 aliphatic heterocycles. The molecule has 1 heterocycles. The Morgan fingerprint density at radius 2 is 1.61 bits per heavy atom. The summed E-state index contributed by atoms with van der Waals surface area (Å²) in [6.07, 6.45) is 4.36. The predicted molar refractivity (Wildman–Crippen MR) is 154 cm³/mol. The van der Waals surface area contributed by atoms with E-state index in [1.807, 2.05) is 67.5 Å². The van der Waals surface area contributed by atoms with Gasteiger partial charge in [-0.05, 0) is 49.4 Å². The molecule has 5 rings (SSSR count). The van der Waals surface area contributed by atoms with Crippen LogP contribution in [0.1, 0.15) is 36.8 Å². The second kappa shape index (κ2) is 12.1. The van der Waals surface area contributed by atoms with Gasteiger partial charge in [-0.1, -0.05) is 48.5 Å². The second-order valence-electron chi connectivity index (χ2n) is 10.1. The van der Waals surface area contributed by atoms with E-state index in [4.69, 9.17) is 19.4 Å². The molecule has 0 spiro atoms. The van der Waals surface area contributed by atoms with Gasteiger partial charge in [0, 0.05) is 49.7 Å². The average Bonchev–Trinajstić information content (AvgIpc) is 2.96. The van der Waals surface area contributed by atoms with Crippen LogP contribution in [0.4, 0.5) is 11.8 Å². The monoisotopic (exact) mass is 511 g/mol. The Bertz CT molecular complexity index is 1340. The van der Waals surface area contributed by atoms with Crippen molar-refractivity contribution >= 4 is 22.7 Å². The number of aromatic nitrogens is 2. The van der Waals surface area contributed by atoms with Gasteiger partial charge in [0.1, 0.15) is 23.9 Å². The fraction of sp³-hybridized carbons (Fsp3) is 0.355. The van der Waals surface area contributed by atoms with Gasteiger partial charge >= 0.3 is 0 Å². The van der Waals surface area contributed by atoms with Crippen molar-refractivity contribution in [1.29, 1.82) is 0 Å². The lowest BCUT2D eigenvalue weighted by atomic mass is 9.91. The molecule has 198 valence electrons. The number of methoxy groups -OCH3 is 1. The molecule has 1 aliphatic rings. The summed E-state index contributed by atoms with van der Waals surface area (Å²) < 4.78 is 11.6. The highest BCUT2D eigenvalue weighted by Gasteiger charge is 2.22. The first-order valence-corrected chi connectivity index (χ1v) is 13.4. The highest BCUT2D eigenvalue weighted by Crippen LogP contribution is 2.28. The first-order valence-electron chi connectivity index (χ1n) is 13.4. The van der Waals surface area contributed by atoms with Crippen LogP contribution in [0.5, 0.6) is 11.5 Å². The third-order valence-electron chi connectivity index (χ3n) is 7.16. The molecule has 1 aliphatic carbocycles. The van der Waals surface area contributed by atoms with E-state index in [1.54, 1.807) is 7.11 Å². The van der Waals surface area contributed by atoms with E-state index in [9.17, 15) is 0 Å². The summed E-state index contributed by atoms with van der Waals surface area (Å²) in [5, 5.41) is 8.41. The van der Waals surface area contributed by atoms with Gasteiger partial charge in [0.2, 0.25) is 5.95 Å². The minimum absolute atomic E-state index is 0.375. The van der Waals surface area contributed by atoms with E-state index >= 15 is 0 Å². The third-order valence-corrected chi connectivity index (χ3v) is 7.16. The summed E-state index contributed by atoms with van der Waals surface area (Å²) in [6.45, 7) is 1.31. The van der Waals surface area contributed by atoms with Crippen LogP contribution in [-0.2, 0) is 13.2 Å². The maximum absolute atomic E-state index is 5.97. The highest BCUT2D eigenvalue weighted by molar-refractivity contribution is 5.90. The molecule has 2 N–H and O–H groups in total. The van der Waals surface area contributed by atoms with E-state index in [0.717, 1.165) is 71.6 Å². The Morgan fingerprint density at radius 3 is 2.37 bits per heavy atom. The minimum atomic E-state index is 0.375. The zero-order chi connectivity index (χ0) is 26.3. The predicted octanol–water partition coefficient (Wildman–Crippen LogP) is 5.80. The number of benzene rings is 3. The quantitative estimate of drug-likeness (QED) is 0.279. The molecule has 38 heavy (non-hydrogen) atoms. The Morgan fingerprint density at radius 1 is 0.868 bits per heavy atom. The summed E-state index contributed by atoms with van der Waals surface area (Å²) in [5.41, 5.74) is 3.25. The number of fused-ring (bicyclic) bond motifs is 1. The van der Waals surface area contributed by atoms with Crippen molar-refractivity contribution in [3.8, 4) is 11.5 Å². The van der Waals surface area contributed by atoms with Gasteiger partial charge in [0.15, 0.2) is 0 Å². The lowest BCUT2D eigenvalue weighted by Crippen LogP contribution is -2.37. The molecule has 0 unspecified atom stereocenters. The van der Waals surface area contributed by atoms with Gasteiger partial charge in [-0.15, -0.1) is 0 Å². The number of rotatable bonds is 10. The molecule has 1 aromatic heterocycles. The van der Waals surface area contributed by atoms with Gasteiger partial charge in [0.25, 0.3) is 0 Å². The molecule has 4 aromatic rings. The standard InChI is InChI=1S/C31H37N5O2/c1-36(2)30-27-11-7-8-12-28(27)34-31(35-30)33-25-16-14-24(15-17-25)32-20-23-13-18-26(19-29(23)37-3)38-21-22-9-5-4-6-10-22/h4-13,18-19,24-25,32H,14-17,20-21H2,1-3H3,(H,33,34,35). The number of hydrogen-bond donors (Lipinski definition) is 2. The molecular weight excluding hydrogens is 474 g/mol. The molecule has 0 saturated heterocycles.